The molecule has 0 saturated heterocycles. The normalized spacial score (nSPS) is 12.5. The van der Waals surface area contributed by atoms with Crippen LogP contribution in [0.5, 0.6) is 5.75 Å². The van der Waals surface area contributed by atoms with E-state index in [1.165, 1.54) is 12.1 Å². The highest BCUT2D eigenvalue weighted by molar-refractivity contribution is 7.91. The minimum Gasteiger partial charge on any atom is -0.406 e. The molecule has 0 aliphatic heterocycles. The molecule has 0 aromatic heterocycles. The van der Waals surface area contributed by atoms with E-state index in [4.69, 9.17) is 0 Å². The van der Waals surface area contributed by atoms with E-state index in [1.807, 2.05) is 0 Å². The Morgan fingerprint density at radius 1 is 1.31 bits per heavy atom. The fraction of sp³-hybridized carbons (Fsp3) is 0.222. The van der Waals surface area contributed by atoms with Gasteiger partial charge in [0.25, 0.3) is 0 Å². The lowest BCUT2D eigenvalue weighted by Gasteiger charge is -2.09. The topological polar surface area (TPSA) is 43.4 Å². The zero-order valence-corrected chi connectivity index (χ0v) is 8.81. The first-order chi connectivity index (χ1) is 7.24. The molecule has 0 saturated carbocycles. The summed E-state index contributed by atoms with van der Waals surface area (Å²) in [5, 5.41) is 0. The van der Waals surface area contributed by atoms with Gasteiger partial charge >= 0.3 is 6.36 Å². The second kappa shape index (κ2) is 4.32. The predicted molar refractivity (Wildman–Crippen MR) is 50.5 cm³/mol. The van der Waals surface area contributed by atoms with Gasteiger partial charge in [0.05, 0.1) is 10.6 Å². The van der Waals surface area contributed by atoms with Crippen molar-refractivity contribution in [2.75, 3.05) is 5.75 Å². The van der Waals surface area contributed by atoms with E-state index in [0.29, 0.717) is 0 Å². The largest absolute Gasteiger partial charge is 0.573 e. The van der Waals surface area contributed by atoms with Gasteiger partial charge in [-0.25, -0.2) is 8.42 Å². The molecule has 0 bridgehead atoms. The zero-order chi connectivity index (χ0) is 12.4. The smallest absolute Gasteiger partial charge is 0.406 e. The Labute approximate surface area is 90.8 Å². The van der Waals surface area contributed by atoms with Crippen molar-refractivity contribution in [2.24, 2.45) is 0 Å². The van der Waals surface area contributed by atoms with Crippen LogP contribution in [0.3, 0.4) is 0 Å². The van der Waals surface area contributed by atoms with Gasteiger partial charge in [-0.1, -0.05) is 6.07 Å². The van der Waals surface area contributed by atoms with Crippen LogP contribution in [0.1, 0.15) is 0 Å². The lowest BCUT2D eigenvalue weighted by atomic mass is 10.3. The molecule has 16 heavy (non-hydrogen) atoms. The summed E-state index contributed by atoms with van der Waals surface area (Å²) in [5.41, 5.74) is 0. The fourth-order valence-corrected chi connectivity index (χ4v) is 1.80. The van der Waals surface area contributed by atoms with Crippen molar-refractivity contribution in [3.05, 3.63) is 31.2 Å². The molecule has 3 nitrogen and oxygen atoms in total. The third-order valence-electron chi connectivity index (χ3n) is 1.67. The van der Waals surface area contributed by atoms with Crippen LogP contribution in [0.4, 0.5) is 13.2 Å². The Balaban J connectivity index is 3.06. The summed E-state index contributed by atoms with van der Waals surface area (Å²) in [7, 11) is -3.63. The molecule has 0 fully saturated rings. The molecule has 0 aliphatic carbocycles. The van der Waals surface area contributed by atoms with Gasteiger partial charge in [-0.15, -0.1) is 13.2 Å². The minimum absolute atomic E-state index is 0.246. The molecule has 7 heteroatoms. The maximum absolute atomic E-state index is 11.9. The van der Waals surface area contributed by atoms with Gasteiger partial charge in [0.15, 0.2) is 9.84 Å². The van der Waals surface area contributed by atoms with Crippen molar-refractivity contribution in [3.8, 4) is 5.75 Å². The number of hydrogen-bond donors (Lipinski definition) is 0. The number of hydrogen-bond acceptors (Lipinski definition) is 3. The Morgan fingerprint density at radius 2 is 1.94 bits per heavy atom. The van der Waals surface area contributed by atoms with Crippen molar-refractivity contribution in [2.45, 2.75) is 11.3 Å². The molecular formula is C9H8F3O3S. The average Bonchev–Trinajstić information content (AvgIpc) is 2.15. The van der Waals surface area contributed by atoms with Crippen molar-refractivity contribution in [1.29, 1.82) is 0 Å². The Bertz CT molecular complexity index is 465. The maximum Gasteiger partial charge on any atom is 0.573 e. The van der Waals surface area contributed by atoms with E-state index in [1.54, 1.807) is 0 Å². The van der Waals surface area contributed by atoms with Crippen LogP contribution in [0, 0.1) is 6.92 Å². The van der Waals surface area contributed by atoms with Crippen LogP contribution in [-0.2, 0) is 9.84 Å². The highest BCUT2D eigenvalue weighted by Crippen LogP contribution is 2.25. The molecule has 1 radical (unpaired) electrons. The molecule has 89 valence electrons. The Hall–Kier alpha value is -1.24. The van der Waals surface area contributed by atoms with Crippen LogP contribution >= 0.6 is 0 Å². The maximum atomic E-state index is 11.9. The predicted octanol–water partition coefficient (Wildman–Crippen LogP) is 2.19. The number of alkyl halides is 3. The van der Waals surface area contributed by atoms with Gasteiger partial charge in [-0.05, 0) is 25.1 Å². The first-order valence-electron chi connectivity index (χ1n) is 4.12. The molecule has 0 heterocycles. The highest BCUT2D eigenvalue weighted by atomic mass is 32.2. The number of benzene rings is 1. The summed E-state index contributed by atoms with van der Waals surface area (Å²) in [4.78, 5) is -0.246. The van der Waals surface area contributed by atoms with E-state index in [9.17, 15) is 21.6 Å². The molecular weight excluding hydrogens is 245 g/mol. The SMILES string of the molecule is [CH2]CS(=O)(=O)c1cccc(OC(F)(F)F)c1. The molecule has 0 unspecified atom stereocenters. The minimum atomic E-state index is -4.84. The van der Waals surface area contributed by atoms with Crippen molar-refractivity contribution in [3.63, 3.8) is 0 Å². The van der Waals surface area contributed by atoms with Crippen molar-refractivity contribution < 1.29 is 26.3 Å². The van der Waals surface area contributed by atoms with Crippen LogP contribution in [0.15, 0.2) is 29.2 Å². The van der Waals surface area contributed by atoms with Crippen LogP contribution < -0.4 is 4.74 Å². The first-order valence-corrected chi connectivity index (χ1v) is 5.77. The summed E-state index contributed by atoms with van der Waals surface area (Å²) in [6, 6.07) is 4.19. The summed E-state index contributed by atoms with van der Waals surface area (Å²) >= 11 is 0. The van der Waals surface area contributed by atoms with Gasteiger partial charge in [0.1, 0.15) is 5.75 Å². The number of rotatable bonds is 3. The van der Waals surface area contributed by atoms with Crippen molar-refractivity contribution in [1.82, 2.24) is 0 Å². The summed E-state index contributed by atoms with van der Waals surface area (Å²) in [5.74, 6) is -0.996. The van der Waals surface area contributed by atoms with E-state index < -0.39 is 27.7 Å². The van der Waals surface area contributed by atoms with Gasteiger partial charge in [-0.3, -0.25) is 0 Å². The second-order valence-corrected chi connectivity index (χ2v) is 4.95. The number of ether oxygens (including phenoxy) is 1. The summed E-state index contributed by atoms with van der Waals surface area (Å²) in [6.07, 6.45) is -4.84. The second-order valence-electron chi connectivity index (χ2n) is 2.84. The van der Waals surface area contributed by atoms with E-state index >= 15 is 0 Å². The third kappa shape index (κ3) is 3.41. The van der Waals surface area contributed by atoms with Crippen LogP contribution in [0.25, 0.3) is 0 Å². The third-order valence-corrected chi connectivity index (χ3v) is 3.18. The Kier molecular flexibility index (Phi) is 3.47. The lowest BCUT2D eigenvalue weighted by Crippen LogP contribution is -2.17. The molecule has 1 rings (SSSR count). The Morgan fingerprint density at radius 3 is 2.44 bits per heavy atom. The zero-order valence-electron chi connectivity index (χ0n) is 7.99. The van der Waals surface area contributed by atoms with Crippen molar-refractivity contribution >= 4 is 9.84 Å². The molecule has 0 amide bonds. The average molecular weight is 253 g/mol. The van der Waals surface area contributed by atoms with E-state index in [0.717, 1.165) is 12.1 Å². The van der Waals surface area contributed by atoms with Gasteiger partial charge < -0.3 is 4.74 Å². The quantitative estimate of drug-likeness (QED) is 0.829. The molecule has 0 N–H and O–H groups in total. The molecule has 0 aliphatic rings. The highest BCUT2D eigenvalue weighted by Gasteiger charge is 2.31. The molecule has 1 aromatic rings. The van der Waals surface area contributed by atoms with E-state index in [2.05, 4.69) is 11.7 Å². The monoisotopic (exact) mass is 253 g/mol. The fourth-order valence-electron chi connectivity index (χ4n) is 0.983. The van der Waals surface area contributed by atoms with Gasteiger partial charge in [-0.2, -0.15) is 0 Å². The summed E-state index contributed by atoms with van der Waals surface area (Å²) < 4.78 is 61.8. The number of sulfone groups is 1. The standard InChI is InChI=1S/C9H8F3O3S/c1-2-16(13,14)8-5-3-4-7(6-8)15-9(10,11)12/h3-6H,1-2H2. The summed E-state index contributed by atoms with van der Waals surface area (Å²) in [6.45, 7) is 3.19. The molecule has 0 spiro atoms. The first kappa shape index (κ1) is 12.8. The lowest BCUT2D eigenvalue weighted by molar-refractivity contribution is -0.274. The van der Waals surface area contributed by atoms with E-state index in [-0.39, 0.29) is 4.90 Å². The van der Waals surface area contributed by atoms with Crippen LogP contribution in [0.2, 0.25) is 0 Å². The molecule has 1 aromatic carbocycles. The molecule has 0 atom stereocenters. The van der Waals surface area contributed by atoms with Crippen LogP contribution in [-0.4, -0.2) is 20.5 Å². The van der Waals surface area contributed by atoms with Gasteiger partial charge in [0.2, 0.25) is 0 Å². The van der Waals surface area contributed by atoms with Gasteiger partial charge in [0, 0.05) is 0 Å². The number of halogens is 3.